The van der Waals surface area contributed by atoms with Crippen molar-refractivity contribution in [1.29, 1.82) is 0 Å². The lowest BCUT2D eigenvalue weighted by Crippen LogP contribution is -2.45. The summed E-state index contributed by atoms with van der Waals surface area (Å²) < 4.78 is 6.30. The van der Waals surface area contributed by atoms with Crippen molar-refractivity contribution in [1.82, 2.24) is 0 Å². The highest BCUT2D eigenvalue weighted by Crippen LogP contribution is 2.49. The topological polar surface area (TPSA) is 66.8 Å². The van der Waals surface area contributed by atoms with Gasteiger partial charge in [-0.15, -0.1) is 0 Å². The van der Waals surface area contributed by atoms with Crippen molar-refractivity contribution in [3.63, 3.8) is 0 Å². The minimum absolute atomic E-state index is 0.0239. The molecule has 0 saturated heterocycles. The molecular weight excluding hydrogens is 464 g/mol. The van der Waals surface area contributed by atoms with Gasteiger partial charge in [0.2, 0.25) is 0 Å². The average Bonchev–Trinajstić information content (AvgIpc) is 3.49. The van der Waals surface area contributed by atoms with Gasteiger partial charge < -0.3 is 14.9 Å². The Hall–Kier alpha value is -1.76. The molecule has 1 atom stereocenters. The first-order valence-corrected chi connectivity index (χ1v) is 14.0. The molecule has 0 spiro atoms. The number of esters is 1. The number of aliphatic hydroxyl groups is 2. The third-order valence-electron chi connectivity index (χ3n) is 7.35. The third kappa shape index (κ3) is 5.24. The molecule has 0 bridgehead atoms. The van der Waals surface area contributed by atoms with Gasteiger partial charge in [0.15, 0.2) is 0 Å². The maximum absolute atomic E-state index is 13.4. The standard InChI is InChI=1S/C28H36O4S2/c1-18-13-24(22(27(2,3)4)14-20(18)16-29)34-25-23(30)15-28(32-26(25)31,21-7-5-6-8-21)11-9-19-10-12-33-17-19/h10,12-14,17,21,29-30H,5-9,11,15-16H2,1-4H3/t28-/m0/s1. The highest BCUT2D eigenvalue weighted by atomic mass is 32.2. The highest BCUT2D eigenvalue weighted by Gasteiger charge is 2.48. The number of thioether (sulfide) groups is 1. The van der Waals surface area contributed by atoms with E-state index >= 15 is 0 Å². The summed E-state index contributed by atoms with van der Waals surface area (Å²) in [5.74, 6) is 0.0388. The number of thiophene rings is 1. The van der Waals surface area contributed by atoms with Crippen LogP contribution in [0.1, 0.15) is 81.5 Å². The van der Waals surface area contributed by atoms with Gasteiger partial charge in [0, 0.05) is 11.3 Å². The summed E-state index contributed by atoms with van der Waals surface area (Å²) in [5.41, 5.74) is 3.35. The lowest BCUT2D eigenvalue weighted by molar-refractivity contribution is -0.166. The fraction of sp³-hybridized carbons (Fsp3) is 0.536. The molecule has 0 amide bonds. The molecule has 184 valence electrons. The molecule has 2 aliphatic rings. The maximum atomic E-state index is 13.4. The van der Waals surface area contributed by atoms with Gasteiger partial charge in [-0.2, -0.15) is 11.3 Å². The summed E-state index contributed by atoms with van der Waals surface area (Å²) in [6, 6.07) is 6.16. The van der Waals surface area contributed by atoms with Crippen LogP contribution in [0.2, 0.25) is 0 Å². The van der Waals surface area contributed by atoms with Gasteiger partial charge in [-0.05, 0) is 89.1 Å². The van der Waals surface area contributed by atoms with Crippen molar-refractivity contribution in [3.05, 3.63) is 61.9 Å². The third-order valence-corrected chi connectivity index (χ3v) is 9.25. The second-order valence-corrected chi connectivity index (χ2v) is 12.6. The predicted octanol–water partition coefficient (Wildman–Crippen LogP) is 7.22. The van der Waals surface area contributed by atoms with Gasteiger partial charge in [-0.25, -0.2) is 4.79 Å². The summed E-state index contributed by atoms with van der Waals surface area (Å²) >= 11 is 2.98. The van der Waals surface area contributed by atoms with Gasteiger partial charge in [0.1, 0.15) is 16.3 Å². The Labute approximate surface area is 211 Å². The molecule has 1 aliphatic heterocycles. The molecule has 34 heavy (non-hydrogen) atoms. The Morgan fingerprint density at radius 2 is 1.97 bits per heavy atom. The molecular formula is C28H36O4S2. The van der Waals surface area contributed by atoms with Crippen LogP contribution in [0.3, 0.4) is 0 Å². The van der Waals surface area contributed by atoms with Gasteiger partial charge in [0.05, 0.1) is 6.61 Å². The van der Waals surface area contributed by atoms with Crippen LogP contribution in [0.25, 0.3) is 0 Å². The molecule has 1 aliphatic carbocycles. The quantitative estimate of drug-likeness (QED) is 0.393. The predicted molar refractivity (Wildman–Crippen MR) is 139 cm³/mol. The van der Waals surface area contributed by atoms with E-state index in [1.807, 2.05) is 19.1 Å². The highest BCUT2D eigenvalue weighted by molar-refractivity contribution is 8.04. The van der Waals surface area contributed by atoms with Crippen molar-refractivity contribution in [2.24, 2.45) is 5.92 Å². The molecule has 2 heterocycles. The van der Waals surface area contributed by atoms with Crippen LogP contribution in [0.15, 0.2) is 44.5 Å². The number of ether oxygens (including phenoxy) is 1. The van der Waals surface area contributed by atoms with E-state index in [1.165, 1.54) is 17.3 Å². The zero-order valence-electron chi connectivity index (χ0n) is 20.6. The van der Waals surface area contributed by atoms with Gasteiger partial charge in [-0.3, -0.25) is 0 Å². The van der Waals surface area contributed by atoms with Crippen LogP contribution in [0, 0.1) is 12.8 Å². The SMILES string of the molecule is Cc1cc(SC2=C(O)C[C@@](CCc3ccsc3)(C3CCCC3)OC2=O)c(C(C)(C)C)cc1CO. The number of carbonyl (C=O) groups excluding carboxylic acids is 1. The second-order valence-electron chi connectivity index (χ2n) is 10.8. The molecule has 1 aromatic carbocycles. The van der Waals surface area contributed by atoms with Crippen molar-refractivity contribution in [3.8, 4) is 0 Å². The first-order valence-electron chi connectivity index (χ1n) is 12.2. The van der Waals surface area contributed by atoms with Gasteiger partial charge in [-0.1, -0.05) is 51.4 Å². The first-order chi connectivity index (χ1) is 16.1. The molecule has 1 aromatic heterocycles. The van der Waals surface area contributed by atoms with Crippen LogP contribution in [0.5, 0.6) is 0 Å². The maximum Gasteiger partial charge on any atom is 0.349 e. The Balaban J connectivity index is 1.65. The van der Waals surface area contributed by atoms with E-state index < -0.39 is 11.6 Å². The summed E-state index contributed by atoms with van der Waals surface area (Å²) in [5, 5.41) is 25.2. The van der Waals surface area contributed by atoms with Crippen molar-refractivity contribution >= 4 is 29.1 Å². The van der Waals surface area contributed by atoms with Crippen LogP contribution in [-0.4, -0.2) is 21.8 Å². The van der Waals surface area contributed by atoms with Crippen LogP contribution < -0.4 is 0 Å². The number of rotatable bonds is 7. The Kier molecular flexibility index (Phi) is 7.51. The molecule has 4 nitrogen and oxygen atoms in total. The minimum atomic E-state index is -0.632. The molecule has 1 fully saturated rings. The molecule has 2 aromatic rings. The van der Waals surface area contributed by atoms with Crippen LogP contribution >= 0.6 is 23.1 Å². The number of hydrogen-bond donors (Lipinski definition) is 2. The van der Waals surface area contributed by atoms with E-state index in [1.54, 1.807) is 11.3 Å². The zero-order chi connectivity index (χ0) is 24.5. The summed E-state index contributed by atoms with van der Waals surface area (Å²) in [7, 11) is 0. The van der Waals surface area contributed by atoms with Gasteiger partial charge in [0.25, 0.3) is 0 Å². The lowest BCUT2D eigenvalue weighted by atomic mass is 9.77. The van der Waals surface area contributed by atoms with E-state index in [9.17, 15) is 15.0 Å². The normalized spacial score (nSPS) is 21.9. The summed E-state index contributed by atoms with van der Waals surface area (Å²) in [6.45, 7) is 8.29. The van der Waals surface area contributed by atoms with Gasteiger partial charge >= 0.3 is 5.97 Å². The number of aryl methyl sites for hydroxylation is 2. The van der Waals surface area contributed by atoms with E-state index in [4.69, 9.17) is 4.74 Å². The molecule has 1 saturated carbocycles. The van der Waals surface area contributed by atoms with Crippen molar-refractivity contribution in [2.45, 2.75) is 95.2 Å². The lowest BCUT2D eigenvalue weighted by Gasteiger charge is -2.41. The van der Waals surface area contributed by atoms with E-state index in [0.29, 0.717) is 17.2 Å². The smallest absolute Gasteiger partial charge is 0.349 e. The Morgan fingerprint density at radius 3 is 2.56 bits per heavy atom. The van der Waals surface area contributed by atoms with Crippen molar-refractivity contribution < 1.29 is 19.7 Å². The average molecular weight is 501 g/mol. The number of carbonyl (C=O) groups is 1. The first kappa shape index (κ1) is 25.3. The van der Waals surface area contributed by atoms with Crippen LogP contribution in [-0.2, 0) is 28.0 Å². The largest absolute Gasteiger partial charge is 0.511 e. The zero-order valence-corrected chi connectivity index (χ0v) is 22.3. The Bertz CT molecular complexity index is 1060. The second kappa shape index (κ2) is 10.1. The van der Waals surface area contributed by atoms with E-state index in [2.05, 4.69) is 37.6 Å². The molecule has 4 rings (SSSR count). The van der Waals surface area contributed by atoms with Crippen molar-refractivity contribution in [2.75, 3.05) is 0 Å². The van der Waals surface area contributed by atoms with E-state index in [0.717, 1.165) is 60.1 Å². The minimum Gasteiger partial charge on any atom is -0.511 e. The summed E-state index contributed by atoms with van der Waals surface area (Å²) in [6.07, 6.45) is 6.36. The monoisotopic (exact) mass is 500 g/mol. The van der Waals surface area contributed by atoms with Crippen LogP contribution in [0.4, 0.5) is 0 Å². The van der Waals surface area contributed by atoms with E-state index in [-0.39, 0.29) is 17.8 Å². The number of aliphatic hydroxyl groups excluding tert-OH is 2. The molecule has 2 N–H and O–H groups in total. The number of cyclic esters (lactones) is 1. The Morgan fingerprint density at radius 1 is 1.24 bits per heavy atom. The fourth-order valence-electron chi connectivity index (χ4n) is 5.34. The fourth-order valence-corrected chi connectivity index (χ4v) is 7.29. The number of hydrogen-bond acceptors (Lipinski definition) is 6. The number of benzene rings is 1. The molecule has 6 heteroatoms. The molecule has 0 radical (unpaired) electrons. The molecule has 0 unspecified atom stereocenters. The summed E-state index contributed by atoms with van der Waals surface area (Å²) in [4.78, 5) is 14.6.